The summed E-state index contributed by atoms with van der Waals surface area (Å²) in [5.41, 5.74) is 1.58. The molecule has 1 aliphatic carbocycles. The van der Waals surface area contributed by atoms with E-state index in [-0.39, 0.29) is 17.2 Å². The zero-order valence-corrected chi connectivity index (χ0v) is 19.2. The molecule has 31 heavy (non-hydrogen) atoms. The maximum atomic E-state index is 12.9. The van der Waals surface area contributed by atoms with Crippen molar-refractivity contribution >= 4 is 56.5 Å². The third-order valence-electron chi connectivity index (χ3n) is 5.35. The molecule has 0 saturated carbocycles. The number of fused-ring (bicyclic) bond motifs is 4. The van der Waals surface area contributed by atoms with E-state index in [4.69, 9.17) is 21.1 Å². The van der Waals surface area contributed by atoms with Crippen LogP contribution in [0.3, 0.4) is 0 Å². The second-order valence-electron chi connectivity index (χ2n) is 7.46. The summed E-state index contributed by atoms with van der Waals surface area (Å²) in [5, 5.41) is 4.46. The summed E-state index contributed by atoms with van der Waals surface area (Å²) in [6.45, 7) is 1.11. The van der Waals surface area contributed by atoms with Crippen molar-refractivity contribution in [3.63, 3.8) is 0 Å². The van der Waals surface area contributed by atoms with Crippen LogP contribution < -0.4 is 20.3 Å². The summed E-state index contributed by atoms with van der Waals surface area (Å²) in [7, 11) is 1.70. The third kappa shape index (κ3) is 3.90. The smallest absolute Gasteiger partial charge is 0.262 e. The van der Waals surface area contributed by atoms with Gasteiger partial charge in [0.2, 0.25) is 5.91 Å². The molecule has 162 valence electrons. The molecule has 2 aromatic heterocycles. The predicted molar refractivity (Wildman–Crippen MR) is 123 cm³/mol. The molecule has 7 nitrogen and oxygen atoms in total. The number of hydrogen-bond acceptors (Lipinski definition) is 7. The number of anilines is 1. The number of amides is 1. The highest BCUT2D eigenvalue weighted by molar-refractivity contribution is 7.99. The van der Waals surface area contributed by atoms with Gasteiger partial charge in [-0.1, -0.05) is 23.4 Å². The van der Waals surface area contributed by atoms with Crippen LogP contribution in [0.15, 0.2) is 22.1 Å². The molecule has 0 fully saturated rings. The predicted octanol–water partition coefficient (Wildman–Crippen LogP) is 4.03. The number of nitrogens with one attached hydrogen (secondary N) is 1. The molecule has 3 aromatic rings. The number of carbonyl (C=O) groups is 1. The number of hydrogen-bond donors (Lipinski definition) is 1. The molecule has 1 aliphatic heterocycles. The van der Waals surface area contributed by atoms with Crippen molar-refractivity contribution in [1.29, 1.82) is 0 Å². The van der Waals surface area contributed by atoms with Gasteiger partial charge in [-0.25, -0.2) is 4.98 Å². The number of aryl methyl sites for hydroxylation is 2. The lowest BCUT2D eigenvalue weighted by molar-refractivity contribution is -0.113. The van der Waals surface area contributed by atoms with E-state index in [1.165, 1.54) is 21.2 Å². The number of aromatic nitrogens is 2. The fraction of sp³-hybridized carbons (Fsp3) is 0.381. The summed E-state index contributed by atoms with van der Waals surface area (Å²) in [5.74, 6) is 0.988. The normalized spacial score (nSPS) is 15.0. The Balaban J connectivity index is 1.32. The Kier molecular flexibility index (Phi) is 5.58. The lowest BCUT2D eigenvalue weighted by Crippen LogP contribution is -2.21. The Labute approximate surface area is 191 Å². The fourth-order valence-corrected chi connectivity index (χ4v) is 6.11. The van der Waals surface area contributed by atoms with Crippen LogP contribution in [0.5, 0.6) is 11.5 Å². The Bertz CT molecular complexity index is 1250. The molecule has 0 atom stereocenters. The van der Waals surface area contributed by atoms with Gasteiger partial charge in [0, 0.05) is 30.5 Å². The molecule has 0 saturated heterocycles. The molecule has 1 N–H and O–H groups in total. The number of rotatable bonds is 4. The van der Waals surface area contributed by atoms with E-state index in [1.54, 1.807) is 30.5 Å². The molecule has 1 aromatic carbocycles. The van der Waals surface area contributed by atoms with E-state index in [0.717, 1.165) is 41.5 Å². The molecule has 0 spiro atoms. The van der Waals surface area contributed by atoms with Crippen molar-refractivity contribution in [2.45, 2.75) is 30.8 Å². The molecule has 0 bridgehead atoms. The highest BCUT2D eigenvalue weighted by Gasteiger charge is 2.23. The fourth-order valence-electron chi connectivity index (χ4n) is 3.83. The van der Waals surface area contributed by atoms with Gasteiger partial charge in [-0.2, -0.15) is 0 Å². The largest absolute Gasteiger partial charge is 0.490 e. The van der Waals surface area contributed by atoms with Crippen molar-refractivity contribution in [3.8, 4) is 11.5 Å². The van der Waals surface area contributed by atoms with Crippen molar-refractivity contribution < 1.29 is 14.3 Å². The maximum Gasteiger partial charge on any atom is 0.262 e. The third-order valence-corrected chi connectivity index (χ3v) is 7.88. The number of thiophene rings is 1. The minimum atomic E-state index is -0.246. The Morgan fingerprint density at radius 2 is 2.03 bits per heavy atom. The summed E-state index contributed by atoms with van der Waals surface area (Å²) < 4.78 is 12.8. The topological polar surface area (TPSA) is 82.5 Å². The number of carbonyl (C=O) groups excluding carboxylic acids is 1. The average molecular weight is 478 g/mol. The summed E-state index contributed by atoms with van der Waals surface area (Å²) in [6.07, 6.45) is 3.84. The monoisotopic (exact) mass is 477 g/mol. The van der Waals surface area contributed by atoms with Gasteiger partial charge in [0.05, 0.1) is 35.1 Å². The minimum absolute atomic E-state index is 0.0433. The Morgan fingerprint density at radius 1 is 1.26 bits per heavy atom. The molecule has 2 aliphatic rings. The quantitative estimate of drug-likeness (QED) is 0.451. The van der Waals surface area contributed by atoms with Crippen LogP contribution in [-0.4, -0.2) is 34.4 Å². The van der Waals surface area contributed by atoms with Gasteiger partial charge in [-0.3, -0.25) is 14.2 Å². The standard InChI is InChI=1S/C21H20ClN3O4S2/c1-25-20(27)18-11-4-2-5-16(11)31-19(18)24-21(25)30-10-17(26)23-13-9-15-14(8-12(13)22)28-6-3-7-29-15/h8-9H,2-7,10H2,1H3,(H,23,26). The SMILES string of the molecule is Cn1c(SCC(=O)Nc2cc3c(cc2Cl)OCCCO3)nc2sc3c(c2c1=O)CCC3. The minimum Gasteiger partial charge on any atom is -0.490 e. The van der Waals surface area contributed by atoms with Crippen LogP contribution in [0.4, 0.5) is 5.69 Å². The lowest BCUT2D eigenvalue weighted by Gasteiger charge is -2.12. The first-order chi connectivity index (χ1) is 15.0. The number of benzene rings is 1. The van der Waals surface area contributed by atoms with Gasteiger partial charge in [0.25, 0.3) is 5.56 Å². The van der Waals surface area contributed by atoms with E-state index in [9.17, 15) is 9.59 Å². The number of nitrogens with zero attached hydrogens (tertiary/aromatic N) is 2. The first kappa shape index (κ1) is 20.7. The van der Waals surface area contributed by atoms with Crippen molar-refractivity contribution in [2.24, 2.45) is 7.05 Å². The highest BCUT2D eigenvalue weighted by Crippen LogP contribution is 2.38. The molecule has 10 heteroatoms. The van der Waals surface area contributed by atoms with E-state index < -0.39 is 0 Å². The van der Waals surface area contributed by atoms with Crippen LogP contribution in [0.25, 0.3) is 10.2 Å². The molecule has 3 heterocycles. The molecule has 0 unspecified atom stereocenters. The van der Waals surface area contributed by atoms with Crippen molar-refractivity contribution in [3.05, 3.63) is 37.9 Å². The highest BCUT2D eigenvalue weighted by atomic mass is 35.5. The summed E-state index contributed by atoms with van der Waals surface area (Å²) >= 11 is 9.14. The van der Waals surface area contributed by atoms with Crippen LogP contribution >= 0.6 is 34.7 Å². The van der Waals surface area contributed by atoms with Crippen molar-refractivity contribution in [1.82, 2.24) is 9.55 Å². The summed E-state index contributed by atoms with van der Waals surface area (Å²) in [4.78, 5) is 32.2. The van der Waals surface area contributed by atoms with E-state index in [0.29, 0.717) is 40.6 Å². The van der Waals surface area contributed by atoms with Gasteiger partial charge in [-0.05, 0) is 24.8 Å². The van der Waals surface area contributed by atoms with Gasteiger partial charge in [0.1, 0.15) is 4.83 Å². The Morgan fingerprint density at radius 3 is 2.84 bits per heavy atom. The average Bonchev–Trinajstić information content (AvgIpc) is 3.25. The first-order valence-electron chi connectivity index (χ1n) is 10.0. The van der Waals surface area contributed by atoms with E-state index in [1.807, 2.05) is 0 Å². The number of thioether (sulfide) groups is 1. The van der Waals surface area contributed by atoms with Gasteiger partial charge < -0.3 is 14.8 Å². The van der Waals surface area contributed by atoms with Crippen LogP contribution in [0, 0.1) is 0 Å². The second-order valence-corrected chi connectivity index (χ2v) is 9.90. The Hall–Kier alpha value is -2.23. The van der Waals surface area contributed by atoms with Crippen molar-refractivity contribution in [2.75, 3.05) is 24.3 Å². The van der Waals surface area contributed by atoms with Gasteiger partial charge in [-0.15, -0.1) is 11.3 Å². The van der Waals surface area contributed by atoms with Gasteiger partial charge in [0.15, 0.2) is 16.7 Å². The zero-order chi connectivity index (χ0) is 21.5. The second kappa shape index (κ2) is 8.37. The molecule has 5 rings (SSSR count). The zero-order valence-electron chi connectivity index (χ0n) is 16.8. The van der Waals surface area contributed by atoms with E-state index in [2.05, 4.69) is 10.3 Å². The van der Waals surface area contributed by atoms with Gasteiger partial charge >= 0.3 is 0 Å². The molecule has 1 amide bonds. The number of ether oxygens (including phenoxy) is 2. The first-order valence-corrected chi connectivity index (χ1v) is 12.2. The summed E-state index contributed by atoms with van der Waals surface area (Å²) in [6, 6.07) is 3.33. The van der Waals surface area contributed by atoms with Crippen LogP contribution in [0.2, 0.25) is 5.02 Å². The molecule has 0 radical (unpaired) electrons. The van der Waals surface area contributed by atoms with Crippen LogP contribution in [-0.2, 0) is 24.7 Å². The maximum absolute atomic E-state index is 12.9. The van der Waals surface area contributed by atoms with Crippen LogP contribution in [0.1, 0.15) is 23.3 Å². The molecular weight excluding hydrogens is 458 g/mol. The van der Waals surface area contributed by atoms with E-state index >= 15 is 0 Å². The lowest BCUT2D eigenvalue weighted by atomic mass is 10.2. The molecular formula is C21H20ClN3O4S2. The number of halogens is 1.